The minimum Gasteiger partial charge on any atom is -0.444 e. The number of nitrogens with zero attached hydrogens (tertiary/aromatic N) is 1. The minimum absolute atomic E-state index is 0.158. The van der Waals surface area contributed by atoms with E-state index in [4.69, 9.17) is 4.74 Å². The van der Waals surface area contributed by atoms with Crippen LogP contribution < -0.4 is 5.32 Å². The monoisotopic (exact) mass is 293 g/mol. The maximum absolute atomic E-state index is 11.9. The number of hydrogen-bond acceptors (Lipinski definition) is 3. The largest absolute Gasteiger partial charge is 0.444 e. The lowest BCUT2D eigenvalue weighted by Gasteiger charge is -2.37. The van der Waals surface area contributed by atoms with Crippen LogP contribution >= 0.6 is 0 Å². The van der Waals surface area contributed by atoms with Gasteiger partial charge in [0.15, 0.2) is 0 Å². The molecule has 0 radical (unpaired) electrons. The van der Waals surface area contributed by atoms with Crippen LogP contribution in [-0.4, -0.2) is 40.7 Å². The summed E-state index contributed by atoms with van der Waals surface area (Å²) in [5.41, 5.74) is 0.767. The molecule has 2 atom stereocenters. The van der Waals surface area contributed by atoms with E-state index in [0.29, 0.717) is 6.04 Å². The first-order valence-electron chi connectivity index (χ1n) is 7.72. The Morgan fingerprint density at radius 1 is 1.52 bits per heavy atom. The first-order chi connectivity index (χ1) is 9.85. The highest BCUT2D eigenvalue weighted by molar-refractivity contribution is 5.68. The number of piperidine rings is 1. The van der Waals surface area contributed by atoms with Crippen molar-refractivity contribution in [2.45, 2.75) is 58.2 Å². The molecule has 1 saturated heterocycles. The van der Waals surface area contributed by atoms with E-state index in [9.17, 15) is 4.79 Å². The van der Waals surface area contributed by atoms with Crippen molar-refractivity contribution in [2.75, 3.05) is 13.1 Å². The molecule has 2 N–H and O–H groups in total. The lowest BCUT2D eigenvalue weighted by Crippen LogP contribution is -2.49. The summed E-state index contributed by atoms with van der Waals surface area (Å²) in [6, 6.07) is 4.62. The number of H-pyrrole nitrogens is 1. The first-order valence-corrected chi connectivity index (χ1v) is 7.72. The summed E-state index contributed by atoms with van der Waals surface area (Å²) in [7, 11) is 0. The number of amides is 1. The smallest absolute Gasteiger partial charge is 0.407 e. The average molecular weight is 293 g/mol. The molecule has 1 aliphatic heterocycles. The average Bonchev–Trinajstić information content (AvgIpc) is 2.89. The first kappa shape index (κ1) is 15.9. The predicted octanol–water partition coefficient (Wildman–Crippen LogP) is 3.06. The number of nitrogens with one attached hydrogen (secondary N) is 2. The van der Waals surface area contributed by atoms with Crippen LogP contribution in [-0.2, 0) is 4.74 Å². The fourth-order valence-corrected chi connectivity index (χ4v) is 2.75. The quantitative estimate of drug-likeness (QED) is 0.900. The van der Waals surface area contributed by atoms with E-state index in [2.05, 4.69) is 28.2 Å². The van der Waals surface area contributed by atoms with Crippen LogP contribution in [0.4, 0.5) is 4.79 Å². The van der Waals surface area contributed by atoms with Crippen LogP contribution in [0.5, 0.6) is 0 Å². The Morgan fingerprint density at radius 3 is 2.90 bits per heavy atom. The maximum atomic E-state index is 11.9. The van der Waals surface area contributed by atoms with Crippen LogP contribution in [0.2, 0.25) is 0 Å². The van der Waals surface area contributed by atoms with E-state index in [1.54, 1.807) is 0 Å². The molecule has 0 aromatic carbocycles. The lowest BCUT2D eigenvalue weighted by atomic mass is 10.0. The third-order valence-electron chi connectivity index (χ3n) is 3.79. The SMILES string of the molecule is C[C@@H](c1ccc[nH]1)N1CCC[C@@H](NC(=O)OC(C)(C)C)C1. The molecule has 0 aliphatic carbocycles. The Hall–Kier alpha value is -1.49. The normalized spacial score (nSPS) is 21.8. The van der Waals surface area contributed by atoms with Gasteiger partial charge in [-0.05, 0) is 59.2 Å². The zero-order valence-electron chi connectivity index (χ0n) is 13.5. The molecule has 2 rings (SSSR count). The second-order valence-electron chi connectivity index (χ2n) is 6.78. The van der Waals surface area contributed by atoms with Gasteiger partial charge in [-0.3, -0.25) is 4.90 Å². The predicted molar refractivity (Wildman–Crippen MR) is 83.2 cm³/mol. The summed E-state index contributed by atoms with van der Waals surface area (Å²) in [5.74, 6) is 0. The van der Waals surface area contributed by atoms with Crippen molar-refractivity contribution in [3.05, 3.63) is 24.0 Å². The van der Waals surface area contributed by atoms with E-state index >= 15 is 0 Å². The van der Waals surface area contributed by atoms with Crippen LogP contribution in [0, 0.1) is 0 Å². The van der Waals surface area contributed by atoms with Gasteiger partial charge >= 0.3 is 6.09 Å². The summed E-state index contributed by atoms with van der Waals surface area (Å²) in [6.07, 6.45) is 3.73. The standard InChI is InChI=1S/C16H27N3O2/c1-12(14-8-5-9-17-14)19-10-6-7-13(11-19)18-15(20)21-16(2,3)4/h5,8-9,12-13,17H,6-7,10-11H2,1-4H3,(H,18,20)/t12-,13+/m0/s1. The summed E-state index contributed by atoms with van der Waals surface area (Å²) >= 11 is 0. The number of ether oxygens (including phenoxy) is 1. The third kappa shape index (κ3) is 4.77. The minimum atomic E-state index is -0.448. The molecule has 118 valence electrons. The van der Waals surface area contributed by atoms with Gasteiger partial charge in [-0.1, -0.05) is 0 Å². The number of alkyl carbamates (subject to hydrolysis) is 1. The number of aromatic amines is 1. The number of carbonyl (C=O) groups is 1. The highest BCUT2D eigenvalue weighted by Crippen LogP contribution is 2.23. The van der Waals surface area contributed by atoms with E-state index in [1.807, 2.05) is 33.0 Å². The molecule has 1 aliphatic rings. The number of carbonyl (C=O) groups excluding carboxylic acids is 1. The van der Waals surface area contributed by atoms with Crippen molar-refractivity contribution >= 4 is 6.09 Å². The van der Waals surface area contributed by atoms with E-state index in [1.165, 1.54) is 5.69 Å². The van der Waals surface area contributed by atoms with Gasteiger partial charge in [0.1, 0.15) is 5.60 Å². The Bertz CT molecular complexity index is 451. The number of hydrogen-bond donors (Lipinski definition) is 2. The van der Waals surface area contributed by atoms with Crippen molar-refractivity contribution in [1.29, 1.82) is 0 Å². The molecule has 1 fully saturated rings. The van der Waals surface area contributed by atoms with Gasteiger partial charge in [0, 0.05) is 30.5 Å². The fourth-order valence-electron chi connectivity index (χ4n) is 2.75. The summed E-state index contributed by atoms with van der Waals surface area (Å²) < 4.78 is 5.33. The van der Waals surface area contributed by atoms with Gasteiger partial charge in [0.05, 0.1) is 0 Å². The van der Waals surface area contributed by atoms with Gasteiger partial charge in [-0.25, -0.2) is 4.79 Å². The molecule has 0 spiro atoms. The Kier molecular flexibility index (Phi) is 4.93. The molecule has 0 unspecified atom stereocenters. The van der Waals surface area contributed by atoms with Crippen LogP contribution in [0.25, 0.3) is 0 Å². The molecule has 0 saturated carbocycles. The van der Waals surface area contributed by atoms with Gasteiger partial charge in [0.2, 0.25) is 0 Å². The van der Waals surface area contributed by atoms with E-state index in [-0.39, 0.29) is 12.1 Å². The zero-order valence-corrected chi connectivity index (χ0v) is 13.5. The summed E-state index contributed by atoms with van der Waals surface area (Å²) in [6.45, 7) is 9.76. The van der Waals surface area contributed by atoms with Gasteiger partial charge < -0.3 is 15.0 Å². The summed E-state index contributed by atoms with van der Waals surface area (Å²) in [5, 5.41) is 2.99. The molecule has 2 heterocycles. The van der Waals surface area contributed by atoms with Crippen LogP contribution in [0.3, 0.4) is 0 Å². The number of rotatable bonds is 3. The molecule has 1 aromatic rings. The van der Waals surface area contributed by atoms with Crippen molar-refractivity contribution in [2.24, 2.45) is 0 Å². The van der Waals surface area contributed by atoms with E-state index < -0.39 is 5.60 Å². The van der Waals surface area contributed by atoms with Gasteiger partial charge in [-0.2, -0.15) is 0 Å². The Morgan fingerprint density at radius 2 is 2.29 bits per heavy atom. The second kappa shape index (κ2) is 6.52. The fraction of sp³-hybridized carbons (Fsp3) is 0.688. The van der Waals surface area contributed by atoms with E-state index in [0.717, 1.165) is 25.9 Å². The van der Waals surface area contributed by atoms with Crippen LogP contribution in [0.15, 0.2) is 18.3 Å². The van der Waals surface area contributed by atoms with Crippen molar-refractivity contribution in [3.63, 3.8) is 0 Å². The third-order valence-corrected chi connectivity index (χ3v) is 3.79. The molecule has 1 amide bonds. The molecule has 5 heteroatoms. The van der Waals surface area contributed by atoms with Crippen LogP contribution in [0.1, 0.15) is 52.3 Å². The Labute approximate surface area is 127 Å². The Balaban J connectivity index is 1.87. The van der Waals surface area contributed by atoms with Gasteiger partial charge in [0.25, 0.3) is 0 Å². The molecular formula is C16H27N3O2. The molecule has 5 nitrogen and oxygen atoms in total. The van der Waals surface area contributed by atoms with Crippen molar-refractivity contribution < 1.29 is 9.53 Å². The highest BCUT2D eigenvalue weighted by Gasteiger charge is 2.27. The molecule has 0 bridgehead atoms. The zero-order chi connectivity index (χ0) is 15.5. The molecular weight excluding hydrogens is 266 g/mol. The maximum Gasteiger partial charge on any atom is 0.407 e. The van der Waals surface area contributed by atoms with Crippen molar-refractivity contribution in [1.82, 2.24) is 15.2 Å². The molecule has 21 heavy (non-hydrogen) atoms. The summed E-state index contributed by atoms with van der Waals surface area (Å²) in [4.78, 5) is 17.5. The second-order valence-corrected chi connectivity index (χ2v) is 6.78. The van der Waals surface area contributed by atoms with Gasteiger partial charge in [-0.15, -0.1) is 0 Å². The number of likely N-dealkylation sites (tertiary alicyclic amines) is 1. The topological polar surface area (TPSA) is 57.4 Å². The lowest BCUT2D eigenvalue weighted by molar-refractivity contribution is 0.0457. The van der Waals surface area contributed by atoms with Crippen molar-refractivity contribution in [3.8, 4) is 0 Å². The number of aromatic nitrogens is 1. The highest BCUT2D eigenvalue weighted by atomic mass is 16.6. The molecule has 1 aromatic heterocycles.